The van der Waals surface area contributed by atoms with Gasteiger partial charge in [0.05, 0.1) is 12.5 Å². The van der Waals surface area contributed by atoms with Crippen LogP contribution in [0.4, 0.5) is 13.2 Å². The molecule has 2 heterocycles. The van der Waals surface area contributed by atoms with E-state index in [1.165, 1.54) is 25.1 Å². The van der Waals surface area contributed by atoms with Gasteiger partial charge in [-0.3, -0.25) is 4.40 Å². The van der Waals surface area contributed by atoms with Crippen molar-refractivity contribution in [3.63, 3.8) is 0 Å². The van der Waals surface area contributed by atoms with Gasteiger partial charge >= 0.3 is 12.1 Å². The molecule has 0 aliphatic heterocycles. The highest BCUT2D eigenvalue weighted by atomic mass is 35.5. The maximum absolute atomic E-state index is 13.0. The van der Waals surface area contributed by atoms with Crippen molar-refractivity contribution < 1.29 is 22.7 Å². The van der Waals surface area contributed by atoms with Crippen molar-refractivity contribution >= 4 is 23.2 Å². The van der Waals surface area contributed by atoms with Crippen molar-refractivity contribution in [2.75, 3.05) is 6.61 Å². The van der Waals surface area contributed by atoms with Crippen LogP contribution in [0.1, 0.15) is 28.8 Å². The fourth-order valence-electron chi connectivity index (χ4n) is 1.85. The lowest BCUT2D eigenvalue weighted by Crippen LogP contribution is -2.17. The molecule has 0 fully saturated rings. The van der Waals surface area contributed by atoms with Gasteiger partial charge in [0.25, 0.3) is 0 Å². The number of carbonyl (C=O) groups excluding carboxylic acids is 1. The topological polar surface area (TPSA) is 43.6 Å². The Balaban J connectivity index is 2.80. The third-order valence-electron chi connectivity index (χ3n) is 2.60. The van der Waals surface area contributed by atoms with E-state index in [2.05, 4.69) is 9.72 Å². The second-order valence-electron chi connectivity index (χ2n) is 3.87. The molecule has 0 aliphatic rings. The largest absolute Gasteiger partial charge is 0.461 e. The van der Waals surface area contributed by atoms with Crippen molar-refractivity contribution in [2.24, 2.45) is 0 Å². The van der Waals surface area contributed by atoms with Crippen LogP contribution in [-0.4, -0.2) is 22.0 Å². The van der Waals surface area contributed by atoms with E-state index in [0.717, 1.165) is 4.40 Å². The lowest BCUT2D eigenvalue weighted by atomic mass is 10.3. The lowest BCUT2D eigenvalue weighted by Gasteiger charge is -2.09. The first-order valence-corrected chi connectivity index (χ1v) is 6.24. The standard InChI is InChI=1S/C12H10ClF3N2O2/c1-2-20-11(19)9-10(12(14,15)16)17-8-5-3-4-7(6-13)18(8)9/h3-5H,2,6H2,1H3. The Labute approximate surface area is 117 Å². The van der Waals surface area contributed by atoms with Crippen molar-refractivity contribution in [2.45, 2.75) is 19.0 Å². The summed E-state index contributed by atoms with van der Waals surface area (Å²) in [4.78, 5) is 15.3. The molecule has 2 rings (SSSR count). The number of halogens is 4. The quantitative estimate of drug-likeness (QED) is 0.646. The molecule has 108 valence electrons. The second-order valence-corrected chi connectivity index (χ2v) is 4.14. The monoisotopic (exact) mass is 306 g/mol. The summed E-state index contributed by atoms with van der Waals surface area (Å²) in [7, 11) is 0. The first-order valence-electron chi connectivity index (χ1n) is 5.70. The number of hydrogen-bond acceptors (Lipinski definition) is 3. The van der Waals surface area contributed by atoms with Crippen molar-refractivity contribution in [1.29, 1.82) is 0 Å². The van der Waals surface area contributed by atoms with Gasteiger partial charge in [-0.1, -0.05) is 6.07 Å². The summed E-state index contributed by atoms with van der Waals surface area (Å²) >= 11 is 5.70. The van der Waals surface area contributed by atoms with Crippen LogP contribution in [0.2, 0.25) is 0 Å². The number of hydrogen-bond donors (Lipinski definition) is 0. The molecule has 0 unspecified atom stereocenters. The summed E-state index contributed by atoms with van der Waals surface area (Å²) in [5.41, 5.74) is -1.59. The molecule has 2 aromatic rings. The highest BCUT2D eigenvalue weighted by Crippen LogP contribution is 2.33. The van der Waals surface area contributed by atoms with Gasteiger partial charge in [0.1, 0.15) is 5.65 Å². The molecule has 20 heavy (non-hydrogen) atoms. The Morgan fingerprint density at radius 3 is 2.70 bits per heavy atom. The molecule has 0 spiro atoms. The molecule has 0 saturated heterocycles. The fourth-order valence-corrected chi connectivity index (χ4v) is 2.06. The molecule has 0 atom stereocenters. The van der Waals surface area contributed by atoms with Crippen LogP contribution in [0, 0.1) is 0 Å². The second kappa shape index (κ2) is 5.32. The molecule has 0 bridgehead atoms. The maximum atomic E-state index is 13.0. The average Bonchev–Trinajstić information content (AvgIpc) is 2.78. The first kappa shape index (κ1) is 14.6. The zero-order valence-corrected chi connectivity index (χ0v) is 11.1. The number of rotatable bonds is 3. The van der Waals surface area contributed by atoms with Crippen molar-refractivity contribution in [3.8, 4) is 0 Å². The van der Waals surface area contributed by atoms with Crippen LogP contribution in [0.15, 0.2) is 18.2 Å². The van der Waals surface area contributed by atoms with E-state index in [-0.39, 0.29) is 18.1 Å². The fraction of sp³-hybridized carbons (Fsp3) is 0.333. The Kier molecular flexibility index (Phi) is 3.89. The molecule has 0 N–H and O–H groups in total. The number of fused-ring (bicyclic) bond motifs is 1. The number of carbonyl (C=O) groups is 1. The minimum atomic E-state index is -4.75. The van der Waals surface area contributed by atoms with E-state index in [0.29, 0.717) is 5.69 Å². The van der Waals surface area contributed by atoms with Gasteiger partial charge in [-0.15, -0.1) is 11.6 Å². The summed E-state index contributed by atoms with van der Waals surface area (Å²) in [6.07, 6.45) is -4.75. The van der Waals surface area contributed by atoms with E-state index >= 15 is 0 Å². The van der Waals surface area contributed by atoms with Gasteiger partial charge in [-0.2, -0.15) is 13.2 Å². The normalized spacial score (nSPS) is 11.8. The minimum absolute atomic E-state index is 0.00136. The van der Waals surface area contributed by atoms with E-state index in [4.69, 9.17) is 11.6 Å². The number of esters is 1. The third kappa shape index (κ3) is 2.45. The number of nitrogens with zero attached hydrogens (tertiary/aromatic N) is 2. The lowest BCUT2D eigenvalue weighted by molar-refractivity contribution is -0.141. The van der Waals surface area contributed by atoms with Gasteiger partial charge in [0.15, 0.2) is 11.4 Å². The predicted molar refractivity (Wildman–Crippen MR) is 65.7 cm³/mol. The molecular weight excluding hydrogens is 297 g/mol. The first-order chi connectivity index (χ1) is 9.40. The maximum Gasteiger partial charge on any atom is 0.435 e. The molecule has 0 amide bonds. The summed E-state index contributed by atoms with van der Waals surface area (Å²) in [5.74, 6) is -1.14. The Hall–Kier alpha value is -1.76. The zero-order chi connectivity index (χ0) is 14.9. The zero-order valence-electron chi connectivity index (χ0n) is 10.4. The van der Waals surface area contributed by atoms with Crippen LogP contribution in [0.5, 0.6) is 0 Å². The molecule has 2 aromatic heterocycles. The summed E-state index contributed by atoms with van der Waals surface area (Å²) in [5, 5.41) is 0. The van der Waals surface area contributed by atoms with Crippen molar-refractivity contribution in [1.82, 2.24) is 9.38 Å². The van der Waals surface area contributed by atoms with Gasteiger partial charge < -0.3 is 4.74 Å². The van der Waals surface area contributed by atoms with Gasteiger partial charge in [0.2, 0.25) is 0 Å². The highest BCUT2D eigenvalue weighted by Gasteiger charge is 2.41. The minimum Gasteiger partial charge on any atom is -0.461 e. The predicted octanol–water partition coefficient (Wildman–Crippen LogP) is 3.27. The van der Waals surface area contributed by atoms with Crippen LogP contribution in [0.25, 0.3) is 5.65 Å². The molecule has 4 nitrogen and oxygen atoms in total. The molecule has 8 heteroatoms. The van der Waals surface area contributed by atoms with E-state index in [1.54, 1.807) is 0 Å². The number of ether oxygens (including phenoxy) is 1. The van der Waals surface area contributed by atoms with Crippen LogP contribution >= 0.6 is 11.6 Å². The average molecular weight is 307 g/mol. The van der Waals surface area contributed by atoms with Gasteiger partial charge in [-0.05, 0) is 19.1 Å². The molecule has 0 aliphatic carbocycles. The van der Waals surface area contributed by atoms with Gasteiger partial charge in [-0.25, -0.2) is 9.78 Å². The summed E-state index contributed by atoms with van der Waals surface area (Å²) in [6, 6.07) is 4.41. The van der Waals surface area contributed by atoms with Crippen molar-refractivity contribution in [3.05, 3.63) is 35.3 Å². The Morgan fingerprint density at radius 2 is 2.15 bits per heavy atom. The molecule has 0 radical (unpaired) electrons. The number of aromatic nitrogens is 2. The number of alkyl halides is 4. The molecule has 0 saturated carbocycles. The number of pyridine rings is 1. The van der Waals surface area contributed by atoms with E-state index in [9.17, 15) is 18.0 Å². The Bertz CT molecular complexity index is 652. The summed E-state index contributed by atoms with van der Waals surface area (Å²) in [6.45, 7) is 1.48. The van der Waals surface area contributed by atoms with E-state index in [1.807, 2.05) is 0 Å². The van der Waals surface area contributed by atoms with Gasteiger partial charge in [0, 0.05) is 5.69 Å². The highest BCUT2D eigenvalue weighted by molar-refractivity contribution is 6.17. The van der Waals surface area contributed by atoms with E-state index < -0.39 is 23.5 Å². The number of imidazole rings is 1. The SMILES string of the molecule is CCOC(=O)c1c(C(F)(F)F)nc2cccc(CCl)n12. The third-order valence-corrected chi connectivity index (χ3v) is 2.87. The van der Waals surface area contributed by atoms with Crippen LogP contribution in [-0.2, 0) is 16.8 Å². The van der Waals surface area contributed by atoms with Crippen LogP contribution in [0.3, 0.4) is 0 Å². The molecule has 0 aromatic carbocycles. The smallest absolute Gasteiger partial charge is 0.435 e. The van der Waals surface area contributed by atoms with Crippen LogP contribution < -0.4 is 0 Å². The molecular formula is C12H10ClF3N2O2. The Morgan fingerprint density at radius 1 is 1.45 bits per heavy atom. The summed E-state index contributed by atoms with van der Waals surface area (Å²) < 4.78 is 44.8.